The summed E-state index contributed by atoms with van der Waals surface area (Å²) in [5.41, 5.74) is 8.08. The molecule has 0 radical (unpaired) electrons. The van der Waals surface area contributed by atoms with Crippen LogP contribution in [0, 0.1) is 0 Å². The fourth-order valence-corrected chi connectivity index (χ4v) is 2.99. The van der Waals surface area contributed by atoms with Gasteiger partial charge in [-0.05, 0) is 48.2 Å². The number of anilines is 1. The molecule has 11 heteroatoms. The van der Waals surface area contributed by atoms with Gasteiger partial charge in [0.1, 0.15) is 11.9 Å². The summed E-state index contributed by atoms with van der Waals surface area (Å²) in [6.07, 6.45) is -3.53. The quantitative estimate of drug-likeness (QED) is 0.269. The number of halogens is 4. The van der Waals surface area contributed by atoms with Gasteiger partial charge in [-0.2, -0.15) is 0 Å². The van der Waals surface area contributed by atoms with E-state index in [1.807, 2.05) is 18.2 Å². The summed E-state index contributed by atoms with van der Waals surface area (Å²) in [6, 6.07) is 12.7. The van der Waals surface area contributed by atoms with Crippen molar-refractivity contribution in [2.75, 3.05) is 11.9 Å². The van der Waals surface area contributed by atoms with Crippen molar-refractivity contribution in [3.05, 3.63) is 59.7 Å². The second kappa shape index (κ2) is 11.9. The summed E-state index contributed by atoms with van der Waals surface area (Å²) in [6.45, 7) is 1.19. The van der Waals surface area contributed by atoms with Crippen molar-refractivity contribution in [3.8, 4) is 5.75 Å². The lowest BCUT2D eigenvalue weighted by atomic mass is 10.2. The zero-order chi connectivity index (χ0) is 22.3. The number of guanidine groups is 1. The largest absolute Gasteiger partial charge is 0.573 e. The monoisotopic (exact) mass is 564 g/mol. The van der Waals surface area contributed by atoms with Gasteiger partial charge in [0.25, 0.3) is 5.91 Å². The van der Waals surface area contributed by atoms with E-state index in [-0.39, 0.29) is 41.6 Å². The van der Waals surface area contributed by atoms with Crippen LogP contribution in [0.1, 0.15) is 24.0 Å². The second-order valence-corrected chi connectivity index (χ2v) is 6.94. The van der Waals surface area contributed by atoms with Crippen LogP contribution < -0.4 is 21.1 Å². The van der Waals surface area contributed by atoms with E-state index in [1.54, 1.807) is 6.07 Å². The number of nitrogens with zero attached hydrogens (tertiary/aromatic N) is 1. The fraction of sp³-hybridized carbons (Fsp3) is 0.333. The minimum Gasteiger partial charge on any atom is -0.406 e. The van der Waals surface area contributed by atoms with Crippen LogP contribution in [-0.4, -0.2) is 30.9 Å². The number of hydrogen-bond donors (Lipinski definition) is 3. The summed E-state index contributed by atoms with van der Waals surface area (Å²) >= 11 is 0. The van der Waals surface area contributed by atoms with E-state index in [0.29, 0.717) is 30.9 Å². The highest BCUT2D eigenvalue weighted by Crippen LogP contribution is 2.22. The third kappa shape index (κ3) is 8.54. The molecular weight excluding hydrogens is 540 g/mol. The highest BCUT2D eigenvalue weighted by atomic mass is 127. The summed E-state index contributed by atoms with van der Waals surface area (Å²) in [7, 11) is 0. The molecule has 1 aliphatic heterocycles. The Balaban J connectivity index is 0.00000363. The van der Waals surface area contributed by atoms with Crippen LogP contribution in [0.4, 0.5) is 18.9 Å². The zero-order valence-corrected chi connectivity index (χ0v) is 19.4. The third-order valence-electron chi connectivity index (χ3n) is 4.48. The van der Waals surface area contributed by atoms with Crippen LogP contribution in [-0.2, 0) is 22.6 Å². The van der Waals surface area contributed by atoms with E-state index in [0.717, 1.165) is 18.4 Å². The molecule has 1 heterocycles. The SMILES string of the molecule is I.NC(=NCc1cccc(NC(=O)C2CCCO2)c1)NCc1ccc(OC(F)(F)F)cc1. The Morgan fingerprint density at radius 2 is 1.94 bits per heavy atom. The Labute approximate surface area is 200 Å². The molecule has 1 amide bonds. The number of carbonyl (C=O) groups excluding carboxylic acids is 1. The smallest absolute Gasteiger partial charge is 0.406 e. The minimum atomic E-state index is -4.72. The number of carbonyl (C=O) groups is 1. The third-order valence-corrected chi connectivity index (χ3v) is 4.48. The lowest BCUT2D eigenvalue weighted by Crippen LogP contribution is -2.31. The van der Waals surface area contributed by atoms with Gasteiger partial charge in [0, 0.05) is 18.8 Å². The van der Waals surface area contributed by atoms with Crippen molar-refractivity contribution < 1.29 is 27.4 Å². The van der Waals surface area contributed by atoms with Crippen molar-refractivity contribution in [3.63, 3.8) is 0 Å². The summed E-state index contributed by atoms with van der Waals surface area (Å²) in [5.74, 6) is -0.264. The van der Waals surface area contributed by atoms with Gasteiger partial charge in [0.15, 0.2) is 5.96 Å². The van der Waals surface area contributed by atoms with Gasteiger partial charge in [-0.15, -0.1) is 37.1 Å². The van der Waals surface area contributed by atoms with E-state index < -0.39 is 12.5 Å². The molecule has 2 aromatic carbocycles. The number of hydrogen-bond acceptors (Lipinski definition) is 4. The van der Waals surface area contributed by atoms with E-state index in [4.69, 9.17) is 10.5 Å². The molecule has 1 saturated heterocycles. The van der Waals surface area contributed by atoms with Gasteiger partial charge in [0.2, 0.25) is 0 Å². The highest BCUT2D eigenvalue weighted by molar-refractivity contribution is 14.0. The van der Waals surface area contributed by atoms with Gasteiger partial charge >= 0.3 is 6.36 Å². The Morgan fingerprint density at radius 1 is 1.19 bits per heavy atom. The summed E-state index contributed by atoms with van der Waals surface area (Å²) in [4.78, 5) is 16.4. The highest BCUT2D eigenvalue weighted by Gasteiger charge is 2.30. The predicted molar refractivity (Wildman–Crippen MR) is 125 cm³/mol. The molecular formula is C21H24F3IN4O3. The molecule has 0 bridgehead atoms. The standard InChI is InChI=1S/C21H23F3N4O3.HI/c22-21(23,24)31-17-8-6-14(7-9-17)12-26-20(25)27-13-15-3-1-4-16(11-15)28-19(29)18-5-2-10-30-18;/h1,3-4,6-9,11,18H,2,5,10,12-13H2,(H,28,29)(H3,25,26,27);1H. The first kappa shape index (κ1) is 25.7. The van der Waals surface area contributed by atoms with Gasteiger partial charge < -0.3 is 25.8 Å². The Hall–Kier alpha value is -2.54. The van der Waals surface area contributed by atoms with Gasteiger partial charge in [-0.1, -0.05) is 24.3 Å². The van der Waals surface area contributed by atoms with E-state index in [1.165, 1.54) is 24.3 Å². The number of aliphatic imine (C=N–C) groups is 1. The maximum atomic E-state index is 12.2. The van der Waals surface area contributed by atoms with Gasteiger partial charge in [-0.3, -0.25) is 4.79 Å². The van der Waals surface area contributed by atoms with Crippen molar-refractivity contribution in [1.29, 1.82) is 0 Å². The first-order chi connectivity index (χ1) is 14.8. The fourth-order valence-electron chi connectivity index (χ4n) is 2.99. The summed E-state index contributed by atoms with van der Waals surface area (Å²) in [5, 5.41) is 5.74. The maximum Gasteiger partial charge on any atom is 0.573 e. The summed E-state index contributed by atoms with van der Waals surface area (Å²) < 4.78 is 45.8. The van der Waals surface area contributed by atoms with Gasteiger partial charge in [0.05, 0.1) is 6.54 Å². The average Bonchev–Trinajstić information content (AvgIpc) is 3.26. The van der Waals surface area contributed by atoms with E-state index >= 15 is 0 Å². The molecule has 1 unspecified atom stereocenters. The first-order valence-electron chi connectivity index (χ1n) is 9.68. The van der Waals surface area contributed by atoms with E-state index in [2.05, 4.69) is 20.4 Å². The number of ether oxygens (including phenoxy) is 2. The predicted octanol–water partition coefficient (Wildman–Crippen LogP) is 3.93. The average molecular weight is 564 g/mol. The lowest BCUT2D eigenvalue weighted by molar-refractivity contribution is -0.274. The van der Waals surface area contributed by atoms with Crippen molar-refractivity contribution in [1.82, 2.24) is 5.32 Å². The van der Waals surface area contributed by atoms with Crippen LogP contribution in [0.25, 0.3) is 0 Å². The molecule has 4 N–H and O–H groups in total. The number of benzene rings is 2. The molecule has 0 saturated carbocycles. The topological polar surface area (TPSA) is 98.0 Å². The molecule has 3 rings (SSSR count). The Kier molecular flexibility index (Phi) is 9.57. The van der Waals surface area contributed by atoms with Crippen LogP contribution in [0.15, 0.2) is 53.5 Å². The molecule has 1 aliphatic rings. The van der Waals surface area contributed by atoms with Crippen molar-refractivity contribution in [2.45, 2.75) is 38.4 Å². The minimum absolute atomic E-state index is 0. The Morgan fingerprint density at radius 3 is 2.59 bits per heavy atom. The van der Waals surface area contributed by atoms with Crippen LogP contribution in [0.3, 0.4) is 0 Å². The zero-order valence-electron chi connectivity index (χ0n) is 17.0. The number of amides is 1. The maximum absolute atomic E-state index is 12.2. The lowest BCUT2D eigenvalue weighted by Gasteiger charge is -2.11. The Bertz CT molecular complexity index is 917. The molecule has 2 aromatic rings. The van der Waals surface area contributed by atoms with Gasteiger partial charge in [-0.25, -0.2) is 4.99 Å². The van der Waals surface area contributed by atoms with Crippen LogP contribution in [0.5, 0.6) is 5.75 Å². The molecule has 32 heavy (non-hydrogen) atoms. The molecule has 0 spiro atoms. The van der Waals surface area contributed by atoms with Crippen molar-refractivity contribution >= 4 is 41.5 Å². The molecule has 1 fully saturated rings. The second-order valence-electron chi connectivity index (χ2n) is 6.94. The number of nitrogens with one attached hydrogen (secondary N) is 2. The number of nitrogens with two attached hydrogens (primary N) is 1. The molecule has 7 nitrogen and oxygen atoms in total. The number of alkyl halides is 3. The van der Waals surface area contributed by atoms with Crippen LogP contribution >= 0.6 is 24.0 Å². The molecule has 174 valence electrons. The van der Waals surface area contributed by atoms with Crippen molar-refractivity contribution in [2.24, 2.45) is 10.7 Å². The molecule has 0 aliphatic carbocycles. The van der Waals surface area contributed by atoms with E-state index in [9.17, 15) is 18.0 Å². The number of rotatable bonds is 7. The van der Waals surface area contributed by atoms with Crippen LogP contribution in [0.2, 0.25) is 0 Å². The first-order valence-corrected chi connectivity index (χ1v) is 9.68. The molecule has 1 atom stereocenters. The normalized spacial score (nSPS) is 16.2. The molecule has 0 aromatic heterocycles.